The molecule has 3 rings (SSSR count). The predicted octanol–water partition coefficient (Wildman–Crippen LogP) is 2.57. The fraction of sp³-hybridized carbons (Fsp3) is 0.556. The van der Waals surface area contributed by atoms with Crippen molar-refractivity contribution in [3.63, 3.8) is 0 Å². The van der Waals surface area contributed by atoms with E-state index in [1.807, 2.05) is 24.3 Å². The number of benzene rings is 1. The second kappa shape index (κ2) is 9.55. The minimum Gasteiger partial charge on any atom is -0.391 e. The zero-order chi connectivity index (χ0) is 17.3. The van der Waals surface area contributed by atoms with Crippen LogP contribution in [0.1, 0.15) is 45.0 Å². The maximum atomic E-state index is 12.4. The van der Waals surface area contributed by atoms with Gasteiger partial charge in [-0.1, -0.05) is 12.1 Å². The van der Waals surface area contributed by atoms with E-state index >= 15 is 0 Å². The molecule has 1 aromatic heterocycles. The molecule has 2 aromatic rings. The SMILES string of the molecule is CC(C)n1c(CNC(=O)[C@H]2CC[C@@H](N)[C@H](O)C2)nc2ccccc21.Cl.Cl. The minimum atomic E-state index is -0.588. The summed E-state index contributed by atoms with van der Waals surface area (Å²) in [6.45, 7) is 4.61. The van der Waals surface area contributed by atoms with Crippen molar-refractivity contribution in [3.8, 4) is 0 Å². The normalized spacial score (nSPS) is 22.6. The predicted molar refractivity (Wildman–Crippen MR) is 108 cm³/mol. The number of nitrogens with two attached hydrogens (primary N) is 1. The van der Waals surface area contributed by atoms with Gasteiger partial charge in [-0.15, -0.1) is 24.8 Å². The number of para-hydroxylation sites is 2. The average molecular weight is 403 g/mol. The van der Waals surface area contributed by atoms with Gasteiger partial charge in [0.05, 0.1) is 23.7 Å². The number of rotatable bonds is 4. The largest absolute Gasteiger partial charge is 0.391 e. The first-order chi connectivity index (χ1) is 11.5. The Kier molecular flexibility index (Phi) is 8.34. The molecule has 0 saturated heterocycles. The molecule has 0 aliphatic heterocycles. The van der Waals surface area contributed by atoms with Crippen molar-refractivity contribution >= 4 is 41.8 Å². The number of imidazole rings is 1. The zero-order valence-electron chi connectivity index (χ0n) is 15.1. The highest BCUT2D eigenvalue weighted by molar-refractivity contribution is 5.85. The van der Waals surface area contributed by atoms with Crippen LogP contribution in [0.3, 0.4) is 0 Å². The van der Waals surface area contributed by atoms with E-state index < -0.39 is 6.10 Å². The Labute approximate surface area is 166 Å². The van der Waals surface area contributed by atoms with Gasteiger partial charge in [0.1, 0.15) is 5.82 Å². The fourth-order valence-electron chi connectivity index (χ4n) is 3.51. The van der Waals surface area contributed by atoms with E-state index in [2.05, 4.69) is 28.7 Å². The summed E-state index contributed by atoms with van der Waals surface area (Å²) in [6.07, 6.45) is 1.26. The van der Waals surface area contributed by atoms with Crippen LogP contribution in [0.2, 0.25) is 0 Å². The zero-order valence-corrected chi connectivity index (χ0v) is 16.7. The van der Waals surface area contributed by atoms with Gasteiger partial charge < -0.3 is 20.7 Å². The first-order valence-electron chi connectivity index (χ1n) is 8.64. The van der Waals surface area contributed by atoms with Crippen molar-refractivity contribution in [1.29, 1.82) is 0 Å². The number of aliphatic hydroxyl groups is 1. The lowest BCUT2D eigenvalue weighted by Gasteiger charge is -2.29. The summed E-state index contributed by atoms with van der Waals surface area (Å²) in [5, 5.41) is 12.9. The number of halogens is 2. The lowest BCUT2D eigenvalue weighted by atomic mass is 9.84. The summed E-state index contributed by atoms with van der Waals surface area (Å²) < 4.78 is 2.15. The number of amides is 1. The van der Waals surface area contributed by atoms with Gasteiger partial charge in [0, 0.05) is 18.0 Å². The Balaban J connectivity index is 0.00000169. The highest BCUT2D eigenvalue weighted by atomic mass is 35.5. The molecular formula is C18H28Cl2N4O2. The molecule has 1 fully saturated rings. The van der Waals surface area contributed by atoms with Crippen LogP contribution in [0.4, 0.5) is 0 Å². The molecule has 1 amide bonds. The van der Waals surface area contributed by atoms with E-state index in [9.17, 15) is 9.90 Å². The molecule has 1 heterocycles. The van der Waals surface area contributed by atoms with Crippen LogP contribution >= 0.6 is 24.8 Å². The lowest BCUT2D eigenvalue weighted by Crippen LogP contribution is -2.44. The molecule has 0 radical (unpaired) electrons. The first-order valence-corrected chi connectivity index (χ1v) is 8.64. The van der Waals surface area contributed by atoms with Crippen LogP contribution in [0.5, 0.6) is 0 Å². The van der Waals surface area contributed by atoms with E-state index in [1.165, 1.54) is 0 Å². The number of carbonyl (C=O) groups excluding carboxylic acids is 1. The fourth-order valence-corrected chi connectivity index (χ4v) is 3.51. The van der Waals surface area contributed by atoms with Gasteiger partial charge in [-0.2, -0.15) is 0 Å². The molecule has 8 heteroatoms. The van der Waals surface area contributed by atoms with Crippen LogP contribution in [-0.2, 0) is 11.3 Å². The molecule has 0 spiro atoms. The number of aliphatic hydroxyl groups excluding tert-OH is 1. The Morgan fingerprint density at radius 2 is 2.04 bits per heavy atom. The average Bonchev–Trinajstić information content (AvgIpc) is 2.93. The van der Waals surface area contributed by atoms with Crippen molar-refractivity contribution in [3.05, 3.63) is 30.1 Å². The Bertz CT molecular complexity index is 735. The third-order valence-corrected chi connectivity index (χ3v) is 4.85. The van der Waals surface area contributed by atoms with Crippen molar-refractivity contribution in [1.82, 2.24) is 14.9 Å². The van der Waals surface area contributed by atoms with E-state index in [0.29, 0.717) is 19.4 Å². The number of nitrogens with one attached hydrogen (secondary N) is 1. The molecule has 0 bridgehead atoms. The topological polar surface area (TPSA) is 93.2 Å². The summed E-state index contributed by atoms with van der Waals surface area (Å²) in [7, 11) is 0. The van der Waals surface area contributed by atoms with E-state index in [1.54, 1.807) is 0 Å². The summed E-state index contributed by atoms with van der Waals surface area (Å²) in [6, 6.07) is 8.05. The second-order valence-electron chi connectivity index (χ2n) is 6.94. The van der Waals surface area contributed by atoms with Gasteiger partial charge >= 0.3 is 0 Å². The molecule has 26 heavy (non-hydrogen) atoms. The number of hydrogen-bond donors (Lipinski definition) is 3. The molecule has 6 nitrogen and oxygen atoms in total. The second-order valence-corrected chi connectivity index (χ2v) is 6.94. The van der Waals surface area contributed by atoms with Crippen molar-refractivity contribution in [2.45, 2.75) is 57.8 Å². The summed E-state index contributed by atoms with van der Waals surface area (Å²) in [4.78, 5) is 17.1. The number of fused-ring (bicyclic) bond motifs is 1. The lowest BCUT2D eigenvalue weighted by molar-refractivity contribution is -0.127. The van der Waals surface area contributed by atoms with Crippen LogP contribution in [0.15, 0.2) is 24.3 Å². The minimum absolute atomic E-state index is 0. The Morgan fingerprint density at radius 1 is 1.35 bits per heavy atom. The molecule has 1 aliphatic rings. The van der Waals surface area contributed by atoms with Crippen molar-refractivity contribution in [2.75, 3.05) is 0 Å². The third kappa shape index (κ3) is 4.68. The molecule has 1 aromatic carbocycles. The maximum Gasteiger partial charge on any atom is 0.223 e. The maximum absolute atomic E-state index is 12.4. The van der Waals surface area contributed by atoms with E-state index in [4.69, 9.17) is 5.73 Å². The molecule has 1 aliphatic carbocycles. The van der Waals surface area contributed by atoms with Crippen LogP contribution in [0.25, 0.3) is 11.0 Å². The summed E-state index contributed by atoms with van der Waals surface area (Å²) in [5.74, 6) is 0.660. The highest BCUT2D eigenvalue weighted by Gasteiger charge is 2.30. The van der Waals surface area contributed by atoms with Crippen LogP contribution < -0.4 is 11.1 Å². The monoisotopic (exact) mass is 402 g/mol. The van der Waals surface area contributed by atoms with Gasteiger partial charge in [-0.05, 0) is 45.2 Å². The molecule has 4 N–H and O–H groups in total. The number of nitrogens with zero attached hydrogens (tertiary/aromatic N) is 2. The standard InChI is InChI=1S/C18H26N4O2.2ClH/c1-11(2)22-15-6-4-3-5-14(15)21-17(22)10-20-18(24)12-7-8-13(19)16(23)9-12;;/h3-6,11-13,16,23H,7-10,19H2,1-2H3,(H,20,24);2*1H/t12-,13+,16+;;/m0../s1. The molecule has 0 unspecified atom stereocenters. The van der Waals surface area contributed by atoms with Crippen molar-refractivity contribution in [2.24, 2.45) is 11.7 Å². The number of aromatic nitrogens is 2. The van der Waals surface area contributed by atoms with Gasteiger partial charge in [-0.25, -0.2) is 4.98 Å². The van der Waals surface area contributed by atoms with Gasteiger partial charge in [0.2, 0.25) is 5.91 Å². The van der Waals surface area contributed by atoms with E-state index in [-0.39, 0.29) is 48.7 Å². The third-order valence-electron chi connectivity index (χ3n) is 4.85. The van der Waals surface area contributed by atoms with Crippen molar-refractivity contribution < 1.29 is 9.90 Å². The Hall–Kier alpha value is -1.34. The highest BCUT2D eigenvalue weighted by Crippen LogP contribution is 2.24. The van der Waals surface area contributed by atoms with Gasteiger partial charge in [0.15, 0.2) is 0 Å². The first kappa shape index (κ1) is 22.7. The molecule has 146 valence electrons. The Morgan fingerprint density at radius 3 is 2.69 bits per heavy atom. The van der Waals surface area contributed by atoms with E-state index in [0.717, 1.165) is 23.3 Å². The van der Waals surface area contributed by atoms with Gasteiger partial charge in [0.25, 0.3) is 0 Å². The van der Waals surface area contributed by atoms with Crippen LogP contribution in [0, 0.1) is 5.92 Å². The molecular weight excluding hydrogens is 375 g/mol. The van der Waals surface area contributed by atoms with Gasteiger partial charge in [-0.3, -0.25) is 4.79 Å². The summed E-state index contributed by atoms with van der Waals surface area (Å²) >= 11 is 0. The smallest absolute Gasteiger partial charge is 0.223 e. The molecule has 1 saturated carbocycles. The number of hydrogen-bond acceptors (Lipinski definition) is 4. The number of carbonyl (C=O) groups is 1. The quantitative estimate of drug-likeness (QED) is 0.732. The van der Waals surface area contributed by atoms with Crippen LogP contribution in [-0.4, -0.2) is 32.7 Å². The molecule has 3 atom stereocenters. The summed E-state index contributed by atoms with van der Waals surface area (Å²) in [5.41, 5.74) is 7.83.